The third-order valence-electron chi connectivity index (χ3n) is 3.19. The molecule has 0 aliphatic carbocycles. The van der Waals surface area contributed by atoms with Crippen LogP contribution >= 0.6 is 0 Å². The van der Waals surface area contributed by atoms with E-state index in [1.807, 2.05) is 59.4 Å². The number of fused-ring (bicyclic) bond motifs is 1. The van der Waals surface area contributed by atoms with E-state index in [2.05, 4.69) is 5.10 Å². The van der Waals surface area contributed by atoms with Gasteiger partial charge in [-0.1, -0.05) is 18.2 Å². The number of hydrogen-bond acceptors (Lipinski definition) is 3. The Morgan fingerprint density at radius 2 is 1.95 bits per heavy atom. The van der Waals surface area contributed by atoms with Crippen LogP contribution in [0.25, 0.3) is 10.9 Å². The monoisotopic (exact) mass is 267 g/mol. The summed E-state index contributed by atoms with van der Waals surface area (Å²) in [5.41, 5.74) is 7.65. The first-order chi connectivity index (χ1) is 9.83. The summed E-state index contributed by atoms with van der Waals surface area (Å²) in [6.45, 7) is 1.49. The van der Waals surface area contributed by atoms with Gasteiger partial charge in [0.2, 0.25) is 0 Å². The maximum atomic E-state index is 5.82. The fraction of sp³-hybridized carbons (Fsp3) is 0.188. The molecule has 4 heteroatoms. The van der Waals surface area contributed by atoms with Crippen molar-refractivity contribution in [2.75, 3.05) is 12.3 Å². The summed E-state index contributed by atoms with van der Waals surface area (Å²) in [6.07, 6.45) is 2.77. The first kappa shape index (κ1) is 12.5. The van der Waals surface area contributed by atoms with E-state index >= 15 is 0 Å². The highest BCUT2D eigenvalue weighted by Gasteiger charge is 2.02. The van der Waals surface area contributed by atoms with Crippen LogP contribution in [0.15, 0.2) is 54.7 Å². The smallest absolute Gasteiger partial charge is 0.119 e. The quantitative estimate of drug-likeness (QED) is 0.571. The Morgan fingerprint density at radius 1 is 1.10 bits per heavy atom. The van der Waals surface area contributed by atoms with Crippen LogP contribution in [0.2, 0.25) is 0 Å². The normalized spacial score (nSPS) is 10.8. The van der Waals surface area contributed by atoms with Crippen LogP contribution in [0.3, 0.4) is 0 Å². The molecule has 0 unspecified atom stereocenters. The highest BCUT2D eigenvalue weighted by Crippen LogP contribution is 2.17. The lowest BCUT2D eigenvalue weighted by atomic mass is 10.2. The van der Waals surface area contributed by atoms with E-state index in [1.165, 1.54) is 0 Å². The van der Waals surface area contributed by atoms with Gasteiger partial charge in [-0.25, -0.2) is 0 Å². The highest BCUT2D eigenvalue weighted by atomic mass is 16.5. The summed E-state index contributed by atoms with van der Waals surface area (Å²) in [5.74, 6) is 0.905. The van der Waals surface area contributed by atoms with Gasteiger partial charge in [0, 0.05) is 24.0 Å². The molecule has 0 saturated heterocycles. The molecule has 0 bridgehead atoms. The number of anilines is 1. The Hall–Kier alpha value is -2.49. The molecule has 1 aromatic heterocycles. The van der Waals surface area contributed by atoms with Gasteiger partial charge in [0.1, 0.15) is 5.75 Å². The number of aromatic nitrogens is 2. The molecule has 102 valence electrons. The summed E-state index contributed by atoms with van der Waals surface area (Å²) < 4.78 is 7.65. The van der Waals surface area contributed by atoms with E-state index in [-0.39, 0.29) is 0 Å². The molecule has 0 fully saturated rings. The first-order valence-electron chi connectivity index (χ1n) is 6.72. The van der Waals surface area contributed by atoms with Gasteiger partial charge in [-0.2, -0.15) is 5.10 Å². The number of nitrogen functional groups attached to an aromatic ring is 1. The highest BCUT2D eigenvalue weighted by molar-refractivity contribution is 5.81. The molecule has 20 heavy (non-hydrogen) atoms. The molecule has 0 aliphatic rings. The van der Waals surface area contributed by atoms with Crippen LogP contribution in [-0.4, -0.2) is 16.4 Å². The molecule has 0 atom stereocenters. The summed E-state index contributed by atoms with van der Waals surface area (Å²) in [7, 11) is 0. The summed E-state index contributed by atoms with van der Waals surface area (Å²) in [6, 6.07) is 15.7. The van der Waals surface area contributed by atoms with Gasteiger partial charge in [0.05, 0.1) is 18.3 Å². The Labute approximate surface area is 117 Å². The number of rotatable bonds is 5. The first-order valence-corrected chi connectivity index (χ1v) is 6.72. The Bertz CT molecular complexity index is 691. The van der Waals surface area contributed by atoms with Crippen molar-refractivity contribution in [2.45, 2.75) is 13.0 Å². The van der Waals surface area contributed by atoms with Crippen molar-refractivity contribution in [2.24, 2.45) is 0 Å². The van der Waals surface area contributed by atoms with E-state index in [4.69, 9.17) is 10.5 Å². The van der Waals surface area contributed by atoms with Crippen LogP contribution in [0.5, 0.6) is 5.75 Å². The summed E-state index contributed by atoms with van der Waals surface area (Å²) >= 11 is 0. The lowest BCUT2D eigenvalue weighted by Crippen LogP contribution is -2.05. The predicted molar refractivity (Wildman–Crippen MR) is 80.7 cm³/mol. The van der Waals surface area contributed by atoms with Crippen molar-refractivity contribution in [1.29, 1.82) is 0 Å². The van der Waals surface area contributed by atoms with Crippen molar-refractivity contribution < 1.29 is 4.74 Å². The second-order valence-electron chi connectivity index (χ2n) is 4.70. The average Bonchev–Trinajstić information content (AvgIpc) is 2.87. The molecule has 4 nitrogen and oxygen atoms in total. The van der Waals surface area contributed by atoms with Gasteiger partial charge in [0.15, 0.2) is 0 Å². The molecular formula is C16H17N3O. The maximum Gasteiger partial charge on any atom is 0.119 e. The topological polar surface area (TPSA) is 53.1 Å². The van der Waals surface area contributed by atoms with Crippen molar-refractivity contribution >= 4 is 16.6 Å². The van der Waals surface area contributed by atoms with E-state index < -0.39 is 0 Å². The van der Waals surface area contributed by atoms with Crippen molar-refractivity contribution in [3.05, 3.63) is 54.7 Å². The number of ether oxygens (including phenoxy) is 1. The molecule has 0 spiro atoms. The van der Waals surface area contributed by atoms with Gasteiger partial charge >= 0.3 is 0 Å². The zero-order valence-corrected chi connectivity index (χ0v) is 11.2. The number of nitrogens with two attached hydrogens (primary N) is 1. The minimum absolute atomic E-state index is 0.674. The maximum absolute atomic E-state index is 5.82. The third-order valence-corrected chi connectivity index (χ3v) is 3.19. The molecule has 0 radical (unpaired) electrons. The molecule has 2 aromatic carbocycles. The molecule has 2 N–H and O–H groups in total. The fourth-order valence-electron chi connectivity index (χ4n) is 2.19. The van der Waals surface area contributed by atoms with Crippen LogP contribution in [-0.2, 0) is 6.54 Å². The van der Waals surface area contributed by atoms with Crippen LogP contribution < -0.4 is 10.5 Å². The Balaban J connectivity index is 1.59. The van der Waals surface area contributed by atoms with Crippen molar-refractivity contribution in [3.8, 4) is 5.75 Å². The Kier molecular flexibility index (Phi) is 3.54. The fourth-order valence-corrected chi connectivity index (χ4v) is 2.19. The predicted octanol–water partition coefficient (Wildman–Crippen LogP) is 3.09. The standard InChI is InChI=1S/C16H17N3O/c17-14-8-7-13-12-18-19(16(13)11-14)9-4-10-20-15-5-2-1-3-6-15/h1-3,5-8,11-12H,4,9-10,17H2. The van der Waals surface area contributed by atoms with Crippen molar-refractivity contribution in [3.63, 3.8) is 0 Å². The van der Waals surface area contributed by atoms with E-state index in [9.17, 15) is 0 Å². The molecule has 1 heterocycles. The Morgan fingerprint density at radius 3 is 2.80 bits per heavy atom. The largest absolute Gasteiger partial charge is 0.494 e. The van der Waals surface area contributed by atoms with Crippen LogP contribution in [0, 0.1) is 0 Å². The zero-order chi connectivity index (χ0) is 13.8. The van der Waals surface area contributed by atoms with Crippen molar-refractivity contribution in [1.82, 2.24) is 9.78 Å². The second kappa shape index (κ2) is 5.65. The number of aryl methyl sites for hydroxylation is 1. The lowest BCUT2D eigenvalue weighted by Gasteiger charge is -2.07. The average molecular weight is 267 g/mol. The third kappa shape index (κ3) is 2.74. The summed E-state index contributed by atoms with van der Waals surface area (Å²) in [4.78, 5) is 0. The number of hydrogen-bond donors (Lipinski definition) is 1. The van der Waals surface area contributed by atoms with Crippen LogP contribution in [0.1, 0.15) is 6.42 Å². The molecule has 0 aliphatic heterocycles. The number of nitrogens with zero attached hydrogens (tertiary/aromatic N) is 2. The number of benzene rings is 2. The van der Waals surface area contributed by atoms with Gasteiger partial charge in [-0.3, -0.25) is 4.68 Å². The van der Waals surface area contributed by atoms with E-state index in [0.29, 0.717) is 6.61 Å². The molecule has 0 saturated carbocycles. The van der Waals surface area contributed by atoms with Gasteiger partial charge in [-0.05, 0) is 30.3 Å². The SMILES string of the molecule is Nc1ccc2cnn(CCCOc3ccccc3)c2c1. The molecule has 0 amide bonds. The van der Waals surface area contributed by atoms with Gasteiger partial charge < -0.3 is 10.5 Å². The molecular weight excluding hydrogens is 250 g/mol. The number of para-hydroxylation sites is 1. The minimum Gasteiger partial charge on any atom is -0.494 e. The summed E-state index contributed by atoms with van der Waals surface area (Å²) in [5, 5.41) is 5.50. The molecule has 3 aromatic rings. The second-order valence-corrected chi connectivity index (χ2v) is 4.70. The van der Waals surface area contributed by atoms with Gasteiger partial charge in [-0.15, -0.1) is 0 Å². The van der Waals surface area contributed by atoms with Crippen LogP contribution in [0.4, 0.5) is 5.69 Å². The van der Waals surface area contributed by atoms with Gasteiger partial charge in [0.25, 0.3) is 0 Å². The van der Waals surface area contributed by atoms with E-state index in [1.54, 1.807) is 0 Å². The zero-order valence-electron chi connectivity index (χ0n) is 11.2. The van der Waals surface area contributed by atoms with E-state index in [0.717, 1.165) is 35.3 Å². The molecule has 3 rings (SSSR count). The minimum atomic E-state index is 0.674. The lowest BCUT2D eigenvalue weighted by molar-refractivity contribution is 0.300.